The number of sulfonamides is 1. The quantitative estimate of drug-likeness (QED) is 0.848. The molecule has 0 radical (unpaired) electrons. The van der Waals surface area contributed by atoms with E-state index in [0.29, 0.717) is 0 Å². The van der Waals surface area contributed by atoms with Gasteiger partial charge in [-0.15, -0.1) is 0 Å². The molecule has 0 unspecified atom stereocenters. The lowest BCUT2D eigenvalue weighted by molar-refractivity contribution is -0.140. The fourth-order valence-electron chi connectivity index (χ4n) is 2.28. The fourth-order valence-corrected chi connectivity index (χ4v) is 4.00. The van der Waals surface area contributed by atoms with Crippen molar-refractivity contribution in [2.75, 3.05) is 6.54 Å². The van der Waals surface area contributed by atoms with Crippen molar-refractivity contribution in [3.63, 3.8) is 0 Å². The molecule has 0 saturated carbocycles. The number of nitrogens with zero attached hydrogens (tertiary/aromatic N) is 1. The van der Waals surface area contributed by atoms with Crippen LogP contribution >= 0.6 is 0 Å². The first-order valence-corrected chi connectivity index (χ1v) is 7.67. The molecule has 7 heteroatoms. The van der Waals surface area contributed by atoms with Gasteiger partial charge in [-0.1, -0.05) is 6.07 Å². The molecule has 2 rings (SSSR count). The number of carboxylic acid groups (broad SMARTS) is 1. The number of hydrogen-bond acceptors (Lipinski definition) is 4. The molecular formula is C13H17NO5S. The minimum absolute atomic E-state index is 0.0564. The van der Waals surface area contributed by atoms with E-state index in [2.05, 4.69) is 0 Å². The number of carbonyl (C=O) groups is 1. The maximum Gasteiger partial charge on any atom is 0.322 e. The highest BCUT2D eigenvalue weighted by molar-refractivity contribution is 7.89. The first kappa shape index (κ1) is 15.0. The van der Waals surface area contributed by atoms with Crippen molar-refractivity contribution >= 4 is 16.0 Å². The summed E-state index contributed by atoms with van der Waals surface area (Å²) in [6.45, 7) is 3.47. The molecule has 6 nitrogen and oxygen atoms in total. The van der Waals surface area contributed by atoms with Gasteiger partial charge in [-0.3, -0.25) is 4.79 Å². The third-order valence-corrected chi connectivity index (χ3v) is 5.47. The monoisotopic (exact) mass is 299 g/mol. The van der Waals surface area contributed by atoms with Crippen LogP contribution in [-0.2, 0) is 14.8 Å². The van der Waals surface area contributed by atoms with E-state index in [4.69, 9.17) is 5.11 Å². The second kappa shape index (κ2) is 5.16. The smallest absolute Gasteiger partial charge is 0.322 e. The van der Waals surface area contributed by atoms with Crippen molar-refractivity contribution in [2.24, 2.45) is 0 Å². The highest BCUT2D eigenvalue weighted by Gasteiger charge is 2.43. The minimum Gasteiger partial charge on any atom is -0.480 e. The van der Waals surface area contributed by atoms with Crippen LogP contribution in [0.2, 0.25) is 0 Å². The molecular weight excluding hydrogens is 282 g/mol. The highest BCUT2D eigenvalue weighted by Crippen LogP contribution is 2.27. The maximum atomic E-state index is 12.5. The summed E-state index contributed by atoms with van der Waals surface area (Å²) in [6.07, 6.45) is -1.03. The molecule has 1 aliphatic rings. The minimum atomic E-state index is -3.91. The van der Waals surface area contributed by atoms with E-state index < -0.39 is 28.1 Å². The Morgan fingerprint density at radius 3 is 2.50 bits per heavy atom. The molecule has 0 amide bonds. The van der Waals surface area contributed by atoms with E-state index >= 15 is 0 Å². The highest BCUT2D eigenvalue weighted by atomic mass is 32.2. The average molecular weight is 299 g/mol. The summed E-state index contributed by atoms with van der Waals surface area (Å²) in [5.41, 5.74) is 1.78. The zero-order valence-electron chi connectivity index (χ0n) is 11.3. The topological polar surface area (TPSA) is 94.9 Å². The van der Waals surface area contributed by atoms with Gasteiger partial charge in [0.2, 0.25) is 10.0 Å². The van der Waals surface area contributed by atoms with Crippen molar-refractivity contribution < 1.29 is 23.4 Å². The van der Waals surface area contributed by atoms with Crippen molar-refractivity contribution in [3.05, 3.63) is 29.3 Å². The van der Waals surface area contributed by atoms with Crippen LogP contribution in [0, 0.1) is 13.8 Å². The standard InChI is InChI=1S/C13H17NO5S/c1-8-3-4-11(5-9(8)2)20(18,19)14-7-10(15)6-12(14)13(16)17/h3-5,10,12,15H,6-7H2,1-2H3,(H,16,17)/t10-,12-/m1/s1. The molecule has 1 aliphatic heterocycles. The van der Waals surface area contributed by atoms with E-state index in [1.165, 1.54) is 12.1 Å². The van der Waals surface area contributed by atoms with Gasteiger partial charge in [0.1, 0.15) is 6.04 Å². The van der Waals surface area contributed by atoms with Crippen molar-refractivity contribution in [1.82, 2.24) is 4.31 Å². The Bertz CT molecular complexity index is 640. The summed E-state index contributed by atoms with van der Waals surface area (Å²) in [5, 5.41) is 18.7. The molecule has 20 heavy (non-hydrogen) atoms. The molecule has 0 bridgehead atoms. The van der Waals surface area contributed by atoms with E-state index in [9.17, 15) is 18.3 Å². The third kappa shape index (κ3) is 2.56. The number of hydrogen-bond donors (Lipinski definition) is 2. The van der Waals surface area contributed by atoms with Crippen molar-refractivity contribution in [3.8, 4) is 0 Å². The lowest BCUT2D eigenvalue weighted by Gasteiger charge is -2.21. The second-order valence-corrected chi connectivity index (χ2v) is 6.95. The summed E-state index contributed by atoms with van der Waals surface area (Å²) >= 11 is 0. The SMILES string of the molecule is Cc1ccc(S(=O)(=O)N2C[C@H](O)C[C@@H]2C(=O)O)cc1C. The Kier molecular flexibility index (Phi) is 3.86. The number of β-amino-alcohol motifs (C(OH)–C–C–N with tert-alkyl or cyclic N) is 1. The maximum absolute atomic E-state index is 12.5. The zero-order valence-corrected chi connectivity index (χ0v) is 12.1. The van der Waals surface area contributed by atoms with Crippen LogP contribution in [0.1, 0.15) is 17.5 Å². The Morgan fingerprint density at radius 2 is 1.95 bits per heavy atom. The van der Waals surface area contributed by atoms with Gasteiger partial charge in [-0.2, -0.15) is 4.31 Å². The van der Waals surface area contributed by atoms with E-state index in [-0.39, 0.29) is 17.9 Å². The van der Waals surface area contributed by atoms with Crippen molar-refractivity contribution in [2.45, 2.75) is 37.3 Å². The van der Waals surface area contributed by atoms with Gasteiger partial charge in [-0.25, -0.2) is 8.42 Å². The fraction of sp³-hybridized carbons (Fsp3) is 0.462. The van der Waals surface area contributed by atoms with Crippen LogP contribution in [0.25, 0.3) is 0 Å². The molecule has 110 valence electrons. The molecule has 1 saturated heterocycles. The summed E-state index contributed by atoms with van der Waals surface area (Å²) in [6, 6.07) is 3.46. The number of aliphatic hydroxyl groups is 1. The van der Waals surface area contributed by atoms with Crippen molar-refractivity contribution in [1.29, 1.82) is 0 Å². The van der Waals surface area contributed by atoms with Gasteiger partial charge >= 0.3 is 5.97 Å². The Labute approximate surface area is 117 Å². The number of rotatable bonds is 3. The van der Waals surface area contributed by atoms with Gasteiger partial charge in [0.05, 0.1) is 11.0 Å². The first-order valence-electron chi connectivity index (χ1n) is 6.23. The molecule has 1 fully saturated rings. The molecule has 1 aromatic rings. The normalized spacial score (nSPS) is 23.9. The summed E-state index contributed by atoms with van der Waals surface area (Å²) in [5.74, 6) is -1.24. The van der Waals surface area contributed by atoms with E-state index in [1.807, 2.05) is 6.92 Å². The number of aryl methyl sites for hydroxylation is 2. The van der Waals surface area contributed by atoms with Gasteiger partial charge in [0, 0.05) is 13.0 Å². The molecule has 1 aromatic carbocycles. The summed E-state index contributed by atoms with van der Waals surface area (Å²) in [7, 11) is -3.91. The predicted octanol–water partition coefficient (Wildman–Crippen LogP) is 0.512. The predicted molar refractivity (Wildman–Crippen MR) is 71.9 cm³/mol. The van der Waals surface area contributed by atoms with Gasteiger partial charge in [0.15, 0.2) is 0 Å². The first-order chi connectivity index (χ1) is 9.23. The Hall–Kier alpha value is -1.44. The largest absolute Gasteiger partial charge is 0.480 e. The van der Waals surface area contributed by atoms with Crippen LogP contribution in [-0.4, -0.2) is 47.6 Å². The van der Waals surface area contributed by atoms with Crippen LogP contribution in [0.4, 0.5) is 0 Å². The van der Waals surface area contributed by atoms with Crippen LogP contribution in [0.3, 0.4) is 0 Å². The average Bonchev–Trinajstić information content (AvgIpc) is 2.75. The summed E-state index contributed by atoms with van der Waals surface area (Å²) in [4.78, 5) is 11.2. The lowest BCUT2D eigenvalue weighted by atomic mass is 10.1. The van der Waals surface area contributed by atoms with Crippen LogP contribution in [0.15, 0.2) is 23.1 Å². The van der Waals surface area contributed by atoms with Gasteiger partial charge in [-0.05, 0) is 37.1 Å². The molecule has 0 spiro atoms. The lowest BCUT2D eigenvalue weighted by Crippen LogP contribution is -2.40. The molecule has 2 atom stereocenters. The third-order valence-electron chi connectivity index (χ3n) is 3.60. The summed E-state index contributed by atoms with van der Waals surface area (Å²) < 4.78 is 25.9. The molecule has 0 aliphatic carbocycles. The number of benzene rings is 1. The van der Waals surface area contributed by atoms with E-state index in [0.717, 1.165) is 15.4 Å². The Balaban J connectivity index is 2.43. The zero-order chi connectivity index (χ0) is 15.1. The van der Waals surface area contributed by atoms with Gasteiger partial charge in [0.25, 0.3) is 0 Å². The second-order valence-electron chi connectivity index (χ2n) is 5.06. The van der Waals surface area contributed by atoms with E-state index in [1.54, 1.807) is 13.0 Å². The van der Waals surface area contributed by atoms with Crippen LogP contribution in [0.5, 0.6) is 0 Å². The van der Waals surface area contributed by atoms with Gasteiger partial charge < -0.3 is 10.2 Å². The molecule has 0 aromatic heterocycles. The number of carboxylic acids is 1. The number of aliphatic carboxylic acids is 1. The molecule has 1 heterocycles. The Morgan fingerprint density at radius 1 is 1.30 bits per heavy atom. The van der Waals surface area contributed by atoms with Crippen LogP contribution < -0.4 is 0 Å². The molecule has 2 N–H and O–H groups in total. The number of aliphatic hydroxyl groups excluding tert-OH is 1.